The van der Waals surface area contributed by atoms with Crippen LogP contribution in [0.2, 0.25) is 0 Å². The molecule has 3 N–H and O–H groups in total. The highest BCUT2D eigenvalue weighted by Gasteiger charge is 2.28. The van der Waals surface area contributed by atoms with Gasteiger partial charge < -0.3 is 15.6 Å². The average Bonchev–Trinajstić information content (AvgIpc) is 3.23. The molecular weight excluding hydrogens is 392 g/mol. The van der Waals surface area contributed by atoms with E-state index in [2.05, 4.69) is 15.1 Å². The maximum atomic E-state index is 10.3. The first-order valence-corrected chi connectivity index (χ1v) is 10.6. The zero-order valence-electron chi connectivity index (χ0n) is 18.3. The van der Waals surface area contributed by atoms with Gasteiger partial charge in [0.1, 0.15) is 0 Å². The molecule has 0 radical (unpaired) electrons. The Hall–Kier alpha value is -2.81. The van der Waals surface area contributed by atoms with Crippen LogP contribution in [0, 0.1) is 0 Å². The van der Waals surface area contributed by atoms with Crippen LogP contribution >= 0.6 is 0 Å². The van der Waals surface area contributed by atoms with Crippen molar-refractivity contribution in [2.75, 3.05) is 18.8 Å². The first-order valence-electron chi connectivity index (χ1n) is 10.6. The fourth-order valence-corrected chi connectivity index (χ4v) is 3.75. The summed E-state index contributed by atoms with van der Waals surface area (Å²) >= 11 is 0. The van der Waals surface area contributed by atoms with Crippen molar-refractivity contribution in [1.29, 1.82) is 0 Å². The number of anilines is 1. The second kappa shape index (κ2) is 8.74. The molecule has 3 aromatic rings. The van der Waals surface area contributed by atoms with Gasteiger partial charge in [-0.3, -0.25) is 9.58 Å². The van der Waals surface area contributed by atoms with Gasteiger partial charge in [0.2, 0.25) is 6.41 Å². The van der Waals surface area contributed by atoms with Gasteiger partial charge in [0, 0.05) is 54.1 Å². The summed E-state index contributed by atoms with van der Waals surface area (Å²) in [5, 5.41) is 14.9. The number of nitrogens with two attached hydrogens (primary N) is 1. The molecule has 0 saturated carbocycles. The Kier molecular flexibility index (Phi) is 6.04. The molecule has 1 unspecified atom stereocenters. The van der Waals surface area contributed by atoms with E-state index in [9.17, 15) is 5.11 Å². The summed E-state index contributed by atoms with van der Waals surface area (Å²) in [5.74, 6) is 0.645. The van der Waals surface area contributed by atoms with Gasteiger partial charge in [-0.15, -0.1) is 0 Å². The Bertz CT molecular complexity index is 1000. The molecule has 8 heteroatoms. The Morgan fingerprint density at radius 1 is 1.06 bits per heavy atom. The highest BCUT2D eigenvalue weighted by molar-refractivity contribution is 5.64. The number of aromatic nitrogens is 4. The van der Waals surface area contributed by atoms with Crippen LogP contribution in [0.25, 0.3) is 22.5 Å². The van der Waals surface area contributed by atoms with Crippen molar-refractivity contribution >= 4 is 5.69 Å². The van der Waals surface area contributed by atoms with E-state index >= 15 is 0 Å². The topological polar surface area (TPSA) is 102 Å². The normalized spacial score (nSPS) is 17.0. The number of hydrogen-bond donors (Lipinski definition) is 2. The molecule has 1 saturated heterocycles. The fraction of sp³-hybridized carbons (Fsp3) is 0.435. The number of benzene rings is 1. The van der Waals surface area contributed by atoms with E-state index in [1.54, 1.807) is 0 Å². The number of rotatable bonds is 5. The molecule has 164 valence electrons. The number of ether oxygens (including phenoxy) is 1. The Balaban J connectivity index is 1.39. The van der Waals surface area contributed by atoms with Crippen molar-refractivity contribution in [1.82, 2.24) is 24.6 Å². The van der Waals surface area contributed by atoms with E-state index in [0.717, 1.165) is 42.6 Å². The van der Waals surface area contributed by atoms with Gasteiger partial charge in [-0.2, -0.15) is 5.10 Å². The molecule has 1 aromatic carbocycles. The Morgan fingerprint density at radius 2 is 1.77 bits per heavy atom. The van der Waals surface area contributed by atoms with Crippen molar-refractivity contribution in [2.24, 2.45) is 0 Å². The molecule has 0 spiro atoms. The summed E-state index contributed by atoms with van der Waals surface area (Å²) in [6.07, 6.45) is 8.45. The number of nitrogens with zero attached hydrogens (tertiary/aromatic N) is 5. The largest absolute Gasteiger partial charge is 0.399 e. The lowest BCUT2D eigenvalue weighted by Gasteiger charge is -2.37. The summed E-state index contributed by atoms with van der Waals surface area (Å²) in [6.45, 7) is 7.35. The molecule has 0 aliphatic carbocycles. The molecule has 1 atom stereocenters. The van der Waals surface area contributed by atoms with Gasteiger partial charge in [-0.05, 0) is 45.7 Å². The van der Waals surface area contributed by atoms with Gasteiger partial charge in [0.15, 0.2) is 5.82 Å². The summed E-state index contributed by atoms with van der Waals surface area (Å²) in [7, 11) is 0. The van der Waals surface area contributed by atoms with Crippen LogP contribution in [0.15, 0.2) is 49.1 Å². The van der Waals surface area contributed by atoms with E-state index in [1.807, 2.05) is 79.4 Å². The van der Waals surface area contributed by atoms with Crippen LogP contribution in [-0.2, 0) is 4.74 Å². The summed E-state index contributed by atoms with van der Waals surface area (Å²) in [4.78, 5) is 11.0. The van der Waals surface area contributed by atoms with Gasteiger partial charge >= 0.3 is 0 Å². The van der Waals surface area contributed by atoms with Crippen molar-refractivity contribution in [3.8, 4) is 22.5 Å². The third-order valence-corrected chi connectivity index (χ3v) is 5.38. The lowest BCUT2D eigenvalue weighted by molar-refractivity contribution is -0.243. The lowest BCUT2D eigenvalue weighted by atomic mass is 10.1. The Labute approximate surface area is 182 Å². The van der Waals surface area contributed by atoms with Gasteiger partial charge in [0.25, 0.3) is 0 Å². The zero-order chi connectivity index (χ0) is 22.0. The number of nitrogen functional groups attached to an aromatic ring is 1. The minimum absolute atomic E-state index is 0.291. The van der Waals surface area contributed by atoms with Crippen molar-refractivity contribution in [3.63, 3.8) is 0 Å². The number of piperidine rings is 1. The molecule has 3 heterocycles. The molecule has 1 aliphatic heterocycles. The second-order valence-corrected chi connectivity index (χ2v) is 8.95. The van der Waals surface area contributed by atoms with Crippen LogP contribution in [0.1, 0.15) is 39.7 Å². The molecular formula is C23H30N6O2. The predicted molar refractivity (Wildman–Crippen MR) is 120 cm³/mol. The minimum Gasteiger partial charge on any atom is -0.399 e. The quantitative estimate of drug-likeness (QED) is 0.480. The van der Waals surface area contributed by atoms with Crippen molar-refractivity contribution in [2.45, 2.75) is 51.7 Å². The molecule has 8 nitrogen and oxygen atoms in total. The maximum absolute atomic E-state index is 10.3. The monoisotopic (exact) mass is 422 g/mol. The van der Waals surface area contributed by atoms with Crippen LogP contribution in [0.4, 0.5) is 5.69 Å². The smallest absolute Gasteiger partial charge is 0.216 e. The predicted octanol–water partition coefficient (Wildman–Crippen LogP) is 3.32. The first-order chi connectivity index (χ1) is 14.8. The molecule has 1 fully saturated rings. The first kappa shape index (κ1) is 21.4. The summed E-state index contributed by atoms with van der Waals surface area (Å²) < 4.78 is 7.68. The summed E-state index contributed by atoms with van der Waals surface area (Å²) in [5.41, 5.74) is 8.97. The van der Waals surface area contributed by atoms with E-state index in [-0.39, 0.29) is 5.60 Å². The third-order valence-electron chi connectivity index (χ3n) is 5.38. The third kappa shape index (κ3) is 5.28. The maximum Gasteiger partial charge on any atom is 0.216 e. The lowest BCUT2D eigenvalue weighted by Crippen LogP contribution is -2.46. The van der Waals surface area contributed by atoms with Crippen LogP contribution in [0.3, 0.4) is 0 Å². The fourth-order valence-electron chi connectivity index (χ4n) is 3.75. The highest BCUT2D eigenvalue weighted by Crippen LogP contribution is 2.27. The van der Waals surface area contributed by atoms with Gasteiger partial charge in [0.05, 0.1) is 17.8 Å². The molecule has 0 amide bonds. The van der Waals surface area contributed by atoms with Gasteiger partial charge in [-0.25, -0.2) is 9.97 Å². The number of hydrogen-bond acceptors (Lipinski definition) is 7. The second-order valence-electron chi connectivity index (χ2n) is 8.95. The SMILES string of the molecule is CC(C)(C)OC(O)N1CCC(n2cc(-c3cnc(-c4cccc(N)c4)nc3)cn2)CC1. The van der Waals surface area contributed by atoms with E-state index < -0.39 is 6.41 Å². The highest BCUT2D eigenvalue weighted by atomic mass is 16.6. The van der Waals surface area contributed by atoms with Gasteiger partial charge in [-0.1, -0.05) is 12.1 Å². The summed E-state index contributed by atoms with van der Waals surface area (Å²) in [6, 6.07) is 7.84. The Morgan fingerprint density at radius 3 is 2.42 bits per heavy atom. The standard InChI is InChI=1S/C23H30N6O2/c1-23(2,3)31-22(30)28-9-7-20(8-10-28)29-15-18(14-27-29)17-12-25-21(26-13-17)16-5-4-6-19(24)11-16/h4-6,11-15,20,22,30H,7-10,24H2,1-3H3. The molecule has 0 bridgehead atoms. The van der Waals surface area contributed by atoms with Crippen molar-refractivity contribution < 1.29 is 9.84 Å². The molecule has 2 aromatic heterocycles. The zero-order valence-corrected chi connectivity index (χ0v) is 18.3. The molecule has 1 aliphatic rings. The van der Waals surface area contributed by atoms with Crippen LogP contribution in [0.5, 0.6) is 0 Å². The number of aliphatic hydroxyl groups excluding tert-OH is 1. The van der Waals surface area contributed by atoms with E-state index in [1.165, 1.54) is 0 Å². The van der Waals surface area contributed by atoms with Crippen molar-refractivity contribution in [3.05, 3.63) is 49.1 Å². The van der Waals surface area contributed by atoms with Crippen LogP contribution < -0.4 is 5.73 Å². The van der Waals surface area contributed by atoms with E-state index in [4.69, 9.17) is 10.5 Å². The number of likely N-dealkylation sites (tertiary alicyclic amines) is 1. The average molecular weight is 423 g/mol. The van der Waals surface area contributed by atoms with E-state index in [0.29, 0.717) is 17.6 Å². The molecule has 4 rings (SSSR count). The molecule has 31 heavy (non-hydrogen) atoms. The number of aliphatic hydroxyl groups is 1. The van der Waals surface area contributed by atoms with Crippen LogP contribution in [-0.4, -0.2) is 54.9 Å². The minimum atomic E-state index is -0.871.